The number of ether oxygens (including phenoxy) is 3. The standard InChI is InChI=1S/C29H36BrN3O6S/c1-17-10-20(31-32-40(35,36)23-8-6-22(37-2)7-9-23)12-25-29(17)13-21(16-34)33(14-18-4-5-18)15-19-11-24(38-3)27(30)28(39-25)26(19)29/h6-9,11-12,17-18,21,25,31-32,34H,4-5,10,13-16H2,1-3H3/t17-,21+,25-,29+/m1/s1. The molecule has 0 unspecified atom stereocenters. The fourth-order valence-electron chi connectivity index (χ4n) is 6.75. The predicted octanol–water partition coefficient (Wildman–Crippen LogP) is 3.85. The van der Waals surface area contributed by atoms with Crippen LogP contribution in [0, 0.1) is 11.8 Å². The van der Waals surface area contributed by atoms with Crippen LogP contribution in [0.15, 0.2) is 51.5 Å². The van der Waals surface area contributed by atoms with Crippen LogP contribution in [0.25, 0.3) is 0 Å². The molecular formula is C29H36BrN3O6S. The Balaban J connectivity index is 1.34. The summed E-state index contributed by atoms with van der Waals surface area (Å²) >= 11 is 3.74. The van der Waals surface area contributed by atoms with Gasteiger partial charge >= 0.3 is 0 Å². The second-order valence-corrected chi connectivity index (χ2v) is 13.9. The van der Waals surface area contributed by atoms with Gasteiger partial charge in [-0.15, -0.1) is 4.83 Å². The van der Waals surface area contributed by atoms with Gasteiger partial charge in [-0.05, 0) is 95.4 Å². The van der Waals surface area contributed by atoms with Gasteiger partial charge in [-0.2, -0.15) is 0 Å². The molecule has 2 aliphatic carbocycles. The lowest BCUT2D eigenvalue weighted by molar-refractivity contribution is 0.0528. The van der Waals surface area contributed by atoms with Crippen LogP contribution in [-0.4, -0.2) is 57.9 Å². The minimum atomic E-state index is -3.80. The Morgan fingerprint density at radius 2 is 1.95 bits per heavy atom. The average molecular weight is 635 g/mol. The normalized spacial score (nSPS) is 27.6. The summed E-state index contributed by atoms with van der Waals surface area (Å²) in [6.45, 7) is 3.98. The van der Waals surface area contributed by atoms with E-state index in [1.54, 1.807) is 19.2 Å². The number of aliphatic hydroxyl groups excluding tert-OH is 1. The van der Waals surface area contributed by atoms with E-state index in [1.807, 2.05) is 6.08 Å². The van der Waals surface area contributed by atoms with Gasteiger partial charge < -0.3 is 24.7 Å². The average Bonchev–Trinajstić information content (AvgIpc) is 3.72. The molecule has 2 aliphatic heterocycles. The number of methoxy groups -OCH3 is 2. The lowest BCUT2D eigenvalue weighted by Gasteiger charge is -2.44. The number of allylic oxidation sites excluding steroid dienone is 1. The first-order valence-corrected chi connectivity index (χ1v) is 16.0. The fraction of sp³-hybridized carbons (Fsp3) is 0.517. The maximum absolute atomic E-state index is 13.0. The third-order valence-corrected chi connectivity index (χ3v) is 11.1. The van der Waals surface area contributed by atoms with Crippen LogP contribution in [0.4, 0.5) is 0 Å². The van der Waals surface area contributed by atoms with Gasteiger partial charge in [-0.3, -0.25) is 4.90 Å². The molecule has 4 atom stereocenters. The first-order valence-electron chi connectivity index (χ1n) is 13.7. The number of hydrogen-bond donors (Lipinski definition) is 3. The lowest BCUT2D eigenvalue weighted by atomic mass is 9.60. The summed E-state index contributed by atoms with van der Waals surface area (Å²) in [7, 11) is -0.608. The molecule has 0 saturated heterocycles. The number of halogens is 1. The molecule has 0 bridgehead atoms. The molecule has 0 aromatic heterocycles. The smallest absolute Gasteiger partial charge is 0.257 e. The number of hydrazine groups is 1. The maximum Gasteiger partial charge on any atom is 0.257 e. The number of benzene rings is 2. The Labute approximate surface area is 244 Å². The molecular weight excluding hydrogens is 598 g/mol. The van der Waals surface area contributed by atoms with Crippen LogP contribution in [0.5, 0.6) is 17.2 Å². The number of aliphatic hydroxyl groups is 1. The summed E-state index contributed by atoms with van der Waals surface area (Å²) in [4.78, 5) is 5.12. The topological polar surface area (TPSA) is 109 Å². The number of nitrogens with one attached hydrogen (secondary N) is 2. The number of rotatable bonds is 9. The third-order valence-electron chi connectivity index (χ3n) is 9.04. The Morgan fingerprint density at radius 3 is 2.60 bits per heavy atom. The molecule has 1 saturated carbocycles. The molecule has 2 aromatic rings. The summed E-state index contributed by atoms with van der Waals surface area (Å²) in [5.74, 6) is 2.88. The van der Waals surface area contributed by atoms with E-state index < -0.39 is 10.0 Å². The zero-order valence-electron chi connectivity index (χ0n) is 22.9. The molecule has 2 heterocycles. The molecule has 2 aromatic carbocycles. The van der Waals surface area contributed by atoms with Gasteiger partial charge in [0, 0.05) is 35.8 Å². The Kier molecular flexibility index (Phi) is 7.31. The molecule has 216 valence electrons. The van der Waals surface area contributed by atoms with E-state index in [9.17, 15) is 13.5 Å². The zero-order chi connectivity index (χ0) is 28.2. The molecule has 0 radical (unpaired) electrons. The molecule has 0 amide bonds. The van der Waals surface area contributed by atoms with Gasteiger partial charge in [-0.1, -0.05) is 6.92 Å². The Morgan fingerprint density at radius 1 is 1.20 bits per heavy atom. The Hall–Kier alpha value is -2.31. The highest BCUT2D eigenvalue weighted by Crippen LogP contribution is 2.60. The van der Waals surface area contributed by atoms with E-state index in [4.69, 9.17) is 14.2 Å². The first-order chi connectivity index (χ1) is 19.2. The molecule has 9 nitrogen and oxygen atoms in total. The number of sulfonamides is 1. The largest absolute Gasteiger partial charge is 0.497 e. The van der Waals surface area contributed by atoms with E-state index >= 15 is 0 Å². The summed E-state index contributed by atoms with van der Waals surface area (Å²) < 4.78 is 44.3. The van der Waals surface area contributed by atoms with E-state index in [2.05, 4.69) is 44.1 Å². The highest BCUT2D eigenvalue weighted by molar-refractivity contribution is 9.10. The number of hydrogen-bond acceptors (Lipinski definition) is 8. The fourth-order valence-corrected chi connectivity index (χ4v) is 8.20. The van der Waals surface area contributed by atoms with Crippen molar-refractivity contribution in [1.29, 1.82) is 0 Å². The minimum absolute atomic E-state index is 0.00578. The van der Waals surface area contributed by atoms with Gasteiger partial charge in [-0.25, -0.2) is 8.42 Å². The van der Waals surface area contributed by atoms with E-state index in [0.29, 0.717) is 18.1 Å². The van der Waals surface area contributed by atoms with Crippen molar-refractivity contribution in [3.63, 3.8) is 0 Å². The zero-order valence-corrected chi connectivity index (χ0v) is 25.3. The van der Waals surface area contributed by atoms with E-state index in [0.717, 1.165) is 41.2 Å². The summed E-state index contributed by atoms with van der Waals surface area (Å²) in [6.07, 6.45) is 5.53. The van der Waals surface area contributed by atoms with Crippen LogP contribution in [0.3, 0.4) is 0 Å². The maximum atomic E-state index is 13.0. The van der Waals surface area contributed by atoms with Crippen molar-refractivity contribution in [3.05, 3.63) is 57.7 Å². The molecule has 40 heavy (non-hydrogen) atoms. The van der Waals surface area contributed by atoms with Crippen molar-refractivity contribution in [3.8, 4) is 17.2 Å². The summed E-state index contributed by atoms with van der Waals surface area (Å²) in [6, 6.07) is 8.35. The first kappa shape index (κ1) is 27.8. The minimum Gasteiger partial charge on any atom is -0.497 e. The molecule has 1 fully saturated rings. The molecule has 3 N–H and O–H groups in total. The van der Waals surface area contributed by atoms with Crippen molar-refractivity contribution in [2.24, 2.45) is 11.8 Å². The quantitative estimate of drug-likeness (QED) is 0.357. The van der Waals surface area contributed by atoms with Gasteiger partial charge in [0.25, 0.3) is 10.0 Å². The summed E-state index contributed by atoms with van der Waals surface area (Å²) in [5.41, 5.74) is 5.70. The van der Waals surface area contributed by atoms with Gasteiger partial charge in [0.2, 0.25) is 0 Å². The second-order valence-electron chi connectivity index (χ2n) is 11.5. The number of nitrogens with zero attached hydrogens (tertiary/aromatic N) is 1. The lowest BCUT2D eigenvalue weighted by Crippen LogP contribution is -2.51. The Bertz CT molecular complexity index is 1430. The van der Waals surface area contributed by atoms with Crippen molar-refractivity contribution in [2.45, 2.75) is 61.6 Å². The van der Waals surface area contributed by atoms with Crippen molar-refractivity contribution in [1.82, 2.24) is 15.2 Å². The van der Waals surface area contributed by atoms with E-state index in [1.165, 1.54) is 43.2 Å². The van der Waals surface area contributed by atoms with E-state index in [-0.39, 0.29) is 35.0 Å². The molecule has 1 spiro atoms. The van der Waals surface area contributed by atoms with Crippen LogP contribution >= 0.6 is 15.9 Å². The van der Waals surface area contributed by atoms with Gasteiger partial charge in [0.1, 0.15) is 27.8 Å². The van der Waals surface area contributed by atoms with Crippen LogP contribution < -0.4 is 24.5 Å². The van der Waals surface area contributed by atoms with Crippen molar-refractivity contribution in [2.75, 3.05) is 27.4 Å². The SMILES string of the molecule is COc1ccc(S(=O)(=O)NNC2=C[C@H]3Oc4c(Br)c(OC)cc5c4[C@@]3(C[C@@H](CO)N(CC3CC3)C5)[C@H](C)C2)cc1. The van der Waals surface area contributed by atoms with Crippen molar-refractivity contribution >= 4 is 26.0 Å². The molecule has 4 aliphatic rings. The molecule has 6 rings (SSSR count). The third kappa shape index (κ3) is 4.69. The van der Waals surface area contributed by atoms with Crippen LogP contribution in [0.1, 0.15) is 43.7 Å². The highest BCUT2D eigenvalue weighted by Gasteiger charge is 2.58. The predicted molar refractivity (Wildman–Crippen MR) is 154 cm³/mol. The van der Waals surface area contributed by atoms with Crippen LogP contribution in [0.2, 0.25) is 0 Å². The summed E-state index contributed by atoms with van der Waals surface area (Å²) in [5, 5.41) is 10.6. The second kappa shape index (κ2) is 10.5. The van der Waals surface area contributed by atoms with Crippen molar-refractivity contribution < 1.29 is 27.7 Å². The van der Waals surface area contributed by atoms with Crippen LogP contribution in [-0.2, 0) is 22.0 Å². The molecule has 11 heteroatoms. The monoisotopic (exact) mass is 633 g/mol. The van der Waals surface area contributed by atoms with Gasteiger partial charge in [0.05, 0.1) is 25.7 Å². The highest BCUT2D eigenvalue weighted by atomic mass is 79.9. The van der Waals surface area contributed by atoms with Gasteiger partial charge in [0.15, 0.2) is 0 Å².